The number of nitrogens with one attached hydrogen (secondary N) is 2. The molecule has 0 aliphatic heterocycles. The van der Waals surface area contributed by atoms with Crippen LogP contribution in [0.5, 0.6) is 0 Å². The normalized spacial score (nSPS) is 25.6. The maximum absolute atomic E-state index is 11.9. The van der Waals surface area contributed by atoms with Gasteiger partial charge in [-0.3, -0.25) is 0 Å². The van der Waals surface area contributed by atoms with Crippen LogP contribution in [0.15, 0.2) is 0 Å². The van der Waals surface area contributed by atoms with Gasteiger partial charge >= 0.3 is 0 Å². The second kappa shape index (κ2) is 7.46. The van der Waals surface area contributed by atoms with Crippen molar-refractivity contribution in [2.75, 3.05) is 12.3 Å². The first-order chi connectivity index (χ1) is 8.43. The van der Waals surface area contributed by atoms with Crippen molar-refractivity contribution in [3.05, 3.63) is 0 Å². The van der Waals surface area contributed by atoms with Gasteiger partial charge in [0.1, 0.15) is 0 Å². The highest BCUT2D eigenvalue weighted by atomic mass is 32.2. The van der Waals surface area contributed by atoms with Gasteiger partial charge in [-0.2, -0.15) is 0 Å². The van der Waals surface area contributed by atoms with Crippen molar-refractivity contribution in [1.82, 2.24) is 10.0 Å². The molecule has 1 aliphatic carbocycles. The van der Waals surface area contributed by atoms with Crippen molar-refractivity contribution in [1.29, 1.82) is 0 Å². The minimum atomic E-state index is -3.12. The predicted octanol–water partition coefficient (Wildman–Crippen LogP) is 1.87. The Balaban J connectivity index is 2.35. The summed E-state index contributed by atoms with van der Waals surface area (Å²) in [6.07, 6.45) is 5.56. The molecule has 108 valence electrons. The molecule has 0 radical (unpaired) electrons. The maximum atomic E-state index is 11.9. The van der Waals surface area contributed by atoms with Crippen molar-refractivity contribution >= 4 is 10.0 Å². The van der Waals surface area contributed by atoms with Gasteiger partial charge < -0.3 is 5.32 Å². The van der Waals surface area contributed by atoms with Crippen LogP contribution in [-0.2, 0) is 10.0 Å². The predicted molar refractivity (Wildman–Crippen MR) is 76.1 cm³/mol. The zero-order valence-corrected chi connectivity index (χ0v) is 12.7. The van der Waals surface area contributed by atoms with E-state index < -0.39 is 10.0 Å². The minimum Gasteiger partial charge on any atom is -0.313 e. The van der Waals surface area contributed by atoms with E-state index in [2.05, 4.69) is 17.0 Å². The molecular weight excluding hydrogens is 248 g/mol. The minimum absolute atomic E-state index is 0.160. The number of hydrogen-bond acceptors (Lipinski definition) is 3. The molecule has 0 heterocycles. The fraction of sp³-hybridized carbons (Fsp3) is 1.00. The Kier molecular flexibility index (Phi) is 6.60. The lowest BCUT2D eigenvalue weighted by atomic mass is 9.85. The monoisotopic (exact) mass is 276 g/mol. The first kappa shape index (κ1) is 15.9. The van der Waals surface area contributed by atoms with Gasteiger partial charge in [-0.25, -0.2) is 13.1 Å². The van der Waals surface area contributed by atoms with Gasteiger partial charge in [0, 0.05) is 18.6 Å². The van der Waals surface area contributed by atoms with Gasteiger partial charge in [0.25, 0.3) is 0 Å². The smallest absolute Gasteiger partial charge is 0.213 e. The molecule has 0 saturated heterocycles. The Hall–Kier alpha value is -0.130. The van der Waals surface area contributed by atoms with E-state index in [1.807, 2.05) is 13.8 Å². The van der Waals surface area contributed by atoms with Crippen LogP contribution in [-0.4, -0.2) is 32.8 Å². The Bertz CT molecular complexity index is 328. The summed E-state index contributed by atoms with van der Waals surface area (Å²) in [7, 11) is -3.12. The molecule has 0 aromatic rings. The molecule has 2 atom stereocenters. The quantitative estimate of drug-likeness (QED) is 0.746. The summed E-state index contributed by atoms with van der Waals surface area (Å²) in [6.45, 7) is 6.76. The summed E-state index contributed by atoms with van der Waals surface area (Å²) in [5, 5.41) is 3.14. The Labute approximate surface area is 112 Å². The summed E-state index contributed by atoms with van der Waals surface area (Å²) in [5.41, 5.74) is 0. The van der Waals surface area contributed by atoms with Crippen LogP contribution in [0.25, 0.3) is 0 Å². The van der Waals surface area contributed by atoms with Gasteiger partial charge in [0.2, 0.25) is 10.0 Å². The molecule has 0 aromatic carbocycles. The molecule has 5 heteroatoms. The lowest BCUT2D eigenvalue weighted by Gasteiger charge is -2.28. The van der Waals surface area contributed by atoms with Crippen molar-refractivity contribution in [2.24, 2.45) is 5.92 Å². The molecule has 1 rings (SSSR count). The van der Waals surface area contributed by atoms with Crippen LogP contribution >= 0.6 is 0 Å². The van der Waals surface area contributed by atoms with Crippen LogP contribution in [0.4, 0.5) is 0 Å². The number of rotatable bonds is 7. The van der Waals surface area contributed by atoms with E-state index in [1.165, 1.54) is 6.42 Å². The highest BCUT2D eigenvalue weighted by molar-refractivity contribution is 7.89. The van der Waals surface area contributed by atoms with Crippen LogP contribution < -0.4 is 10.0 Å². The molecule has 0 spiro atoms. The molecule has 0 aromatic heterocycles. The second-order valence-electron chi connectivity index (χ2n) is 5.68. The standard InChI is InChI=1S/C13H28N2O2S/c1-4-12-6-5-7-13(10-12)15-18(16,17)9-8-14-11(2)3/h11-15H,4-10H2,1-3H3. The molecule has 1 fully saturated rings. The number of hydrogen-bond donors (Lipinski definition) is 2. The first-order valence-corrected chi connectivity index (χ1v) is 8.81. The van der Waals surface area contributed by atoms with E-state index in [0.29, 0.717) is 18.5 Å². The van der Waals surface area contributed by atoms with Crippen LogP contribution in [0, 0.1) is 5.92 Å². The molecule has 18 heavy (non-hydrogen) atoms. The zero-order valence-electron chi connectivity index (χ0n) is 11.9. The van der Waals surface area contributed by atoms with E-state index in [9.17, 15) is 8.42 Å². The Morgan fingerprint density at radius 3 is 2.61 bits per heavy atom. The van der Waals surface area contributed by atoms with Crippen molar-refractivity contribution in [2.45, 2.75) is 65.0 Å². The molecule has 2 unspecified atom stereocenters. The molecule has 1 saturated carbocycles. The van der Waals surface area contributed by atoms with Gasteiger partial charge in [-0.1, -0.05) is 40.0 Å². The third-order valence-corrected chi connectivity index (χ3v) is 5.06. The summed E-state index contributed by atoms with van der Waals surface area (Å²) in [5.74, 6) is 0.874. The summed E-state index contributed by atoms with van der Waals surface area (Å²) < 4.78 is 26.7. The first-order valence-electron chi connectivity index (χ1n) is 7.16. The van der Waals surface area contributed by atoms with Gasteiger partial charge in [-0.15, -0.1) is 0 Å². The van der Waals surface area contributed by atoms with E-state index in [4.69, 9.17) is 0 Å². The van der Waals surface area contributed by atoms with Crippen molar-refractivity contribution in [3.8, 4) is 0 Å². The summed E-state index contributed by atoms with van der Waals surface area (Å²) in [6, 6.07) is 0.493. The van der Waals surface area contributed by atoms with Crippen molar-refractivity contribution in [3.63, 3.8) is 0 Å². The Morgan fingerprint density at radius 1 is 1.28 bits per heavy atom. The van der Waals surface area contributed by atoms with Gasteiger partial charge in [0.05, 0.1) is 5.75 Å². The van der Waals surface area contributed by atoms with Gasteiger partial charge in [0.15, 0.2) is 0 Å². The fourth-order valence-electron chi connectivity index (χ4n) is 2.56. The molecule has 4 nitrogen and oxygen atoms in total. The average molecular weight is 276 g/mol. The fourth-order valence-corrected chi connectivity index (χ4v) is 3.79. The largest absolute Gasteiger partial charge is 0.313 e. The highest BCUT2D eigenvalue weighted by Gasteiger charge is 2.24. The maximum Gasteiger partial charge on any atom is 0.213 e. The topological polar surface area (TPSA) is 58.2 Å². The van der Waals surface area contributed by atoms with E-state index in [0.717, 1.165) is 25.7 Å². The highest BCUT2D eigenvalue weighted by Crippen LogP contribution is 2.26. The molecule has 0 bridgehead atoms. The molecule has 2 N–H and O–H groups in total. The van der Waals surface area contributed by atoms with E-state index >= 15 is 0 Å². The SMILES string of the molecule is CCC1CCCC(NS(=O)(=O)CCNC(C)C)C1. The number of sulfonamides is 1. The van der Waals surface area contributed by atoms with E-state index in [1.54, 1.807) is 0 Å². The molecular formula is C13H28N2O2S. The van der Waals surface area contributed by atoms with Crippen LogP contribution in [0.2, 0.25) is 0 Å². The average Bonchev–Trinajstić information content (AvgIpc) is 2.27. The zero-order chi connectivity index (χ0) is 13.6. The van der Waals surface area contributed by atoms with Gasteiger partial charge in [-0.05, 0) is 18.8 Å². The third kappa shape index (κ3) is 6.16. The van der Waals surface area contributed by atoms with E-state index in [-0.39, 0.29) is 11.8 Å². The second-order valence-corrected chi connectivity index (χ2v) is 7.56. The van der Waals surface area contributed by atoms with Crippen molar-refractivity contribution < 1.29 is 8.42 Å². The summed E-state index contributed by atoms with van der Waals surface area (Å²) >= 11 is 0. The lowest BCUT2D eigenvalue weighted by Crippen LogP contribution is -2.41. The Morgan fingerprint density at radius 2 is 2.00 bits per heavy atom. The lowest BCUT2D eigenvalue weighted by molar-refractivity contribution is 0.301. The van der Waals surface area contributed by atoms with Crippen LogP contribution in [0.3, 0.4) is 0 Å². The summed E-state index contributed by atoms with van der Waals surface area (Å²) in [4.78, 5) is 0. The molecule has 0 amide bonds. The molecule has 1 aliphatic rings. The third-order valence-electron chi connectivity index (χ3n) is 3.63. The van der Waals surface area contributed by atoms with Crippen LogP contribution in [0.1, 0.15) is 52.9 Å².